The van der Waals surface area contributed by atoms with Crippen LogP contribution >= 0.6 is 0 Å². The quantitative estimate of drug-likeness (QED) is 0.768. The first-order valence-corrected chi connectivity index (χ1v) is 8.63. The fourth-order valence-corrected chi connectivity index (χ4v) is 2.66. The van der Waals surface area contributed by atoms with Gasteiger partial charge >= 0.3 is 0 Å². The van der Waals surface area contributed by atoms with Gasteiger partial charge in [0.25, 0.3) is 0 Å². The molecule has 0 radical (unpaired) electrons. The van der Waals surface area contributed by atoms with Crippen molar-refractivity contribution in [3.05, 3.63) is 53.3 Å². The maximum Gasteiger partial charge on any atom is 0.242 e. The lowest BCUT2D eigenvalue weighted by Crippen LogP contribution is -2.36. The number of benzene rings is 1. The van der Waals surface area contributed by atoms with Crippen LogP contribution in [0.5, 0.6) is 0 Å². The van der Waals surface area contributed by atoms with Gasteiger partial charge in [-0.25, -0.2) is 0 Å². The van der Waals surface area contributed by atoms with Crippen LogP contribution in [0.25, 0.3) is 0 Å². The zero-order chi connectivity index (χ0) is 18.4. The Morgan fingerprint density at radius 1 is 1.28 bits per heavy atom. The van der Waals surface area contributed by atoms with E-state index in [1.54, 1.807) is 17.9 Å². The Bertz CT molecular complexity index is 695. The number of amides is 1. The molecule has 1 aromatic heterocycles. The molecule has 0 saturated heterocycles. The van der Waals surface area contributed by atoms with Crippen molar-refractivity contribution in [2.24, 2.45) is 7.05 Å². The van der Waals surface area contributed by atoms with Crippen LogP contribution in [0.4, 0.5) is 0 Å². The van der Waals surface area contributed by atoms with Gasteiger partial charge in [-0.15, -0.1) is 0 Å². The van der Waals surface area contributed by atoms with Crippen LogP contribution < -0.4 is 10.6 Å². The molecule has 6 nitrogen and oxygen atoms in total. The van der Waals surface area contributed by atoms with E-state index >= 15 is 0 Å². The van der Waals surface area contributed by atoms with Gasteiger partial charge in [-0.3, -0.25) is 14.4 Å². The van der Waals surface area contributed by atoms with Crippen molar-refractivity contribution in [3.63, 3.8) is 0 Å². The van der Waals surface area contributed by atoms with Crippen LogP contribution in [0.3, 0.4) is 0 Å². The third-order valence-electron chi connectivity index (χ3n) is 4.48. The molecule has 0 saturated carbocycles. The predicted octanol–water partition coefficient (Wildman–Crippen LogP) is 1.84. The highest BCUT2D eigenvalue weighted by atomic mass is 16.2. The molecule has 2 rings (SSSR count). The van der Waals surface area contributed by atoms with E-state index in [0.29, 0.717) is 12.6 Å². The summed E-state index contributed by atoms with van der Waals surface area (Å²) < 4.78 is 1.70. The number of nitrogens with zero attached hydrogens (tertiary/aromatic N) is 3. The number of hydrogen-bond acceptors (Lipinski definition) is 4. The van der Waals surface area contributed by atoms with E-state index in [-0.39, 0.29) is 5.91 Å². The summed E-state index contributed by atoms with van der Waals surface area (Å²) >= 11 is 0. The molecule has 1 aromatic carbocycles. The monoisotopic (exact) mass is 343 g/mol. The number of carbonyl (C=O) groups is 1. The number of aryl methyl sites for hydroxylation is 1. The Hall–Kier alpha value is -2.18. The van der Waals surface area contributed by atoms with Crippen molar-refractivity contribution in [2.45, 2.75) is 39.0 Å². The van der Waals surface area contributed by atoms with E-state index in [4.69, 9.17) is 0 Å². The summed E-state index contributed by atoms with van der Waals surface area (Å²) in [7, 11) is 5.73. The van der Waals surface area contributed by atoms with Crippen LogP contribution in [0.2, 0.25) is 0 Å². The summed E-state index contributed by atoms with van der Waals surface area (Å²) in [6.45, 7) is 5.73. The summed E-state index contributed by atoms with van der Waals surface area (Å²) in [5.74, 6) is -0.0532. The lowest BCUT2D eigenvalue weighted by Gasteiger charge is -2.23. The SMILES string of the molecule is CNC(C(=O)NCc1ccccc1CN(C)C(C)C)c1cnn(C)c1. The fraction of sp³-hybridized carbons (Fsp3) is 0.474. The van der Waals surface area contributed by atoms with Crippen molar-refractivity contribution in [1.29, 1.82) is 0 Å². The highest BCUT2D eigenvalue weighted by Crippen LogP contribution is 2.14. The molecular formula is C19H29N5O. The smallest absolute Gasteiger partial charge is 0.242 e. The second-order valence-corrected chi connectivity index (χ2v) is 6.66. The van der Waals surface area contributed by atoms with Crippen LogP contribution in [0.15, 0.2) is 36.7 Å². The Morgan fingerprint density at radius 3 is 2.52 bits per heavy atom. The number of carbonyl (C=O) groups excluding carboxylic acids is 1. The molecule has 0 aliphatic heterocycles. The topological polar surface area (TPSA) is 62.2 Å². The molecule has 2 N–H and O–H groups in total. The summed E-state index contributed by atoms with van der Waals surface area (Å²) in [5, 5.41) is 10.2. The van der Waals surface area contributed by atoms with Gasteiger partial charge in [-0.2, -0.15) is 5.10 Å². The van der Waals surface area contributed by atoms with Gasteiger partial charge in [-0.1, -0.05) is 24.3 Å². The van der Waals surface area contributed by atoms with Gasteiger partial charge in [0, 0.05) is 37.9 Å². The van der Waals surface area contributed by atoms with E-state index in [1.165, 1.54) is 5.56 Å². The zero-order valence-corrected chi connectivity index (χ0v) is 15.8. The van der Waals surface area contributed by atoms with Gasteiger partial charge in [0.1, 0.15) is 6.04 Å². The number of hydrogen-bond donors (Lipinski definition) is 2. The number of likely N-dealkylation sites (N-methyl/N-ethyl adjacent to an activating group) is 1. The Kier molecular flexibility index (Phi) is 6.73. The average Bonchev–Trinajstić information content (AvgIpc) is 3.00. The summed E-state index contributed by atoms with van der Waals surface area (Å²) in [6, 6.07) is 8.32. The maximum absolute atomic E-state index is 12.6. The van der Waals surface area contributed by atoms with Gasteiger partial charge in [-0.05, 0) is 39.1 Å². The second kappa shape index (κ2) is 8.78. The van der Waals surface area contributed by atoms with Crippen LogP contribution in [-0.2, 0) is 24.9 Å². The molecule has 0 aliphatic carbocycles. The van der Waals surface area contributed by atoms with Crippen LogP contribution in [0.1, 0.15) is 36.6 Å². The first-order valence-electron chi connectivity index (χ1n) is 8.63. The fourth-order valence-electron chi connectivity index (χ4n) is 2.66. The molecule has 0 bridgehead atoms. The minimum atomic E-state index is -0.404. The van der Waals surface area contributed by atoms with E-state index < -0.39 is 6.04 Å². The largest absolute Gasteiger partial charge is 0.350 e. The van der Waals surface area contributed by atoms with E-state index in [2.05, 4.69) is 53.7 Å². The minimum absolute atomic E-state index is 0.0532. The van der Waals surface area contributed by atoms with Crippen molar-refractivity contribution < 1.29 is 4.79 Å². The molecule has 1 amide bonds. The molecule has 2 aromatic rings. The number of aromatic nitrogens is 2. The maximum atomic E-state index is 12.6. The van der Waals surface area contributed by atoms with Crippen molar-refractivity contribution in [1.82, 2.24) is 25.3 Å². The van der Waals surface area contributed by atoms with Crippen LogP contribution in [0, 0.1) is 0 Å². The zero-order valence-electron chi connectivity index (χ0n) is 15.8. The normalized spacial score (nSPS) is 12.6. The summed E-state index contributed by atoms with van der Waals surface area (Å²) in [4.78, 5) is 14.9. The predicted molar refractivity (Wildman–Crippen MR) is 99.9 cm³/mol. The van der Waals surface area contributed by atoms with Gasteiger partial charge in [0.15, 0.2) is 0 Å². The first kappa shape index (κ1) is 19.1. The van der Waals surface area contributed by atoms with E-state index in [0.717, 1.165) is 17.7 Å². The molecule has 136 valence electrons. The van der Waals surface area contributed by atoms with Gasteiger partial charge in [0.05, 0.1) is 6.20 Å². The van der Waals surface area contributed by atoms with E-state index in [1.807, 2.05) is 25.4 Å². The third kappa shape index (κ3) is 5.14. The standard InChI is InChI=1S/C19H29N5O/c1-14(2)23(4)12-16-9-7-6-8-15(16)10-21-19(25)18(20-3)17-11-22-24(5)13-17/h6-9,11,13-14,18,20H,10,12H2,1-5H3,(H,21,25). The Balaban J connectivity index is 2.04. The Morgan fingerprint density at radius 2 is 1.96 bits per heavy atom. The lowest BCUT2D eigenvalue weighted by atomic mass is 10.1. The van der Waals surface area contributed by atoms with Crippen LogP contribution in [-0.4, -0.2) is 40.7 Å². The minimum Gasteiger partial charge on any atom is -0.350 e. The molecule has 1 atom stereocenters. The molecule has 6 heteroatoms. The van der Waals surface area contributed by atoms with Gasteiger partial charge in [0.2, 0.25) is 5.91 Å². The summed E-state index contributed by atoms with van der Waals surface area (Å²) in [5.41, 5.74) is 3.24. The molecular weight excluding hydrogens is 314 g/mol. The van der Waals surface area contributed by atoms with Crippen molar-refractivity contribution in [3.8, 4) is 0 Å². The average molecular weight is 343 g/mol. The first-order chi connectivity index (χ1) is 11.9. The molecule has 0 spiro atoms. The second-order valence-electron chi connectivity index (χ2n) is 6.66. The van der Waals surface area contributed by atoms with E-state index in [9.17, 15) is 4.79 Å². The number of rotatable bonds is 8. The Labute approximate surface area is 150 Å². The molecule has 0 fully saturated rings. The highest BCUT2D eigenvalue weighted by molar-refractivity contribution is 5.83. The highest BCUT2D eigenvalue weighted by Gasteiger charge is 2.20. The van der Waals surface area contributed by atoms with Crippen molar-refractivity contribution in [2.75, 3.05) is 14.1 Å². The molecule has 25 heavy (non-hydrogen) atoms. The molecule has 0 aliphatic rings. The number of nitrogens with one attached hydrogen (secondary N) is 2. The lowest BCUT2D eigenvalue weighted by molar-refractivity contribution is -0.123. The molecule has 1 heterocycles. The third-order valence-corrected chi connectivity index (χ3v) is 4.48. The van der Waals surface area contributed by atoms with Gasteiger partial charge < -0.3 is 10.6 Å². The summed E-state index contributed by atoms with van der Waals surface area (Å²) in [6.07, 6.45) is 3.57. The molecule has 1 unspecified atom stereocenters. The van der Waals surface area contributed by atoms with Crippen molar-refractivity contribution >= 4 is 5.91 Å².